The molecule has 0 saturated carbocycles. The Bertz CT molecular complexity index is 622. The van der Waals surface area contributed by atoms with E-state index in [2.05, 4.69) is 72.2 Å². The quantitative estimate of drug-likeness (QED) is 0.812. The maximum Gasteiger partial charge on any atom is 0.0837 e. The average molecular weight is 371 g/mol. The number of halogens is 2. The van der Waals surface area contributed by atoms with Gasteiger partial charge in [0.15, 0.2) is 0 Å². The molecule has 1 aromatic carbocycles. The summed E-state index contributed by atoms with van der Waals surface area (Å²) in [5.41, 5.74) is 3.47. The molecule has 5 heteroatoms. The maximum atomic E-state index is 6.43. The molecule has 0 fully saturated rings. The van der Waals surface area contributed by atoms with Gasteiger partial charge in [0, 0.05) is 10.5 Å². The monoisotopic (exact) mass is 369 g/mol. The Morgan fingerprint density at radius 3 is 2.71 bits per heavy atom. The first-order valence-electron chi connectivity index (χ1n) is 7.18. The van der Waals surface area contributed by atoms with Crippen LogP contribution >= 0.6 is 27.5 Å². The third-order valence-corrected chi connectivity index (χ3v) is 4.29. The van der Waals surface area contributed by atoms with Crippen LogP contribution in [0.1, 0.15) is 49.7 Å². The Labute approximate surface area is 139 Å². The molecule has 2 aromatic rings. The van der Waals surface area contributed by atoms with Crippen LogP contribution in [-0.2, 0) is 0 Å². The second-order valence-corrected chi connectivity index (χ2v) is 6.73. The number of benzene rings is 1. The maximum absolute atomic E-state index is 6.43. The number of aryl methyl sites for hydroxylation is 1. The minimum absolute atomic E-state index is 0.0323. The van der Waals surface area contributed by atoms with Crippen molar-refractivity contribution < 1.29 is 0 Å². The van der Waals surface area contributed by atoms with Crippen LogP contribution in [0.5, 0.6) is 0 Å². The van der Waals surface area contributed by atoms with Gasteiger partial charge in [-0.05, 0) is 50.6 Å². The Morgan fingerprint density at radius 1 is 1.38 bits per heavy atom. The number of hydrogen-bond donors (Lipinski definition) is 1. The first-order chi connectivity index (χ1) is 9.95. The molecule has 0 aliphatic rings. The minimum Gasteiger partial charge on any atom is -0.305 e. The topological polar surface area (TPSA) is 29.9 Å². The lowest BCUT2D eigenvalue weighted by atomic mass is 9.98. The fourth-order valence-corrected chi connectivity index (χ4v) is 3.13. The lowest BCUT2D eigenvalue weighted by Gasteiger charge is -2.24. The minimum atomic E-state index is 0.0323. The Kier molecular flexibility index (Phi) is 5.47. The highest BCUT2D eigenvalue weighted by Gasteiger charge is 2.24. The van der Waals surface area contributed by atoms with Crippen LogP contribution in [0.15, 0.2) is 28.9 Å². The number of aromatic nitrogens is 2. The van der Waals surface area contributed by atoms with Crippen LogP contribution in [0.2, 0.25) is 5.02 Å². The van der Waals surface area contributed by atoms with Gasteiger partial charge in [0.25, 0.3) is 0 Å². The van der Waals surface area contributed by atoms with Crippen molar-refractivity contribution in [3.8, 4) is 0 Å². The smallest absolute Gasteiger partial charge is 0.0837 e. The van der Waals surface area contributed by atoms with Crippen molar-refractivity contribution in [2.24, 2.45) is 0 Å². The molecule has 0 aliphatic carbocycles. The molecule has 1 aromatic heterocycles. The zero-order chi connectivity index (χ0) is 15.6. The molecule has 0 bridgehead atoms. The van der Waals surface area contributed by atoms with E-state index in [1.165, 1.54) is 11.1 Å². The van der Waals surface area contributed by atoms with Gasteiger partial charge in [-0.2, -0.15) is 5.10 Å². The van der Waals surface area contributed by atoms with E-state index in [1.54, 1.807) is 6.20 Å². The van der Waals surface area contributed by atoms with Crippen molar-refractivity contribution in [1.82, 2.24) is 15.1 Å². The van der Waals surface area contributed by atoms with E-state index >= 15 is 0 Å². The van der Waals surface area contributed by atoms with Gasteiger partial charge in [0.05, 0.1) is 23.0 Å². The van der Waals surface area contributed by atoms with E-state index in [9.17, 15) is 0 Å². The third kappa shape index (κ3) is 3.50. The van der Waals surface area contributed by atoms with Crippen molar-refractivity contribution in [1.29, 1.82) is 0 Å². The summed E-state index contributed by atoms with van der Waals surface area (Å²) in [5, 5.41) is 8.67. The van der Waals surface area contributed by atoms with Crippen LogP contribution in [-0.4, -0.2) is 16.3 Å². The number of hydrogen-bond acceptors (Lipinski definition) is 2. The first kappa shape index (κ1) is 16.5. The largest absolute Gasteiger partial charge is 0.305 e. The molecule has 0 amide bonds. The van der Waals surface area contributed by atoms with Crippen LogP contribution in [0.3, 0.4) is 0 Å². The van der Waals surface area contributed by atoms with Gasteiger partial charge in [-0.3, -0.25) is 4.68 Å². The van der Waals surface area contributed by atoms with Crippen molar-refractivity contribution >= 4 is 27.5 Å². The Balaban J connectivity index is 2.59. The molecule has 0 saturated heterocycles. The van der Waals surface area contributed by atoms with Gasteiger partial charge >= 0.3 is 0 Å². The molecular weight excluding hydrogens is 350 g/mol. The Morgan fingerprint density at radius 2 is 2.10 bits per heavy atom. The highest BCUT2D eigenvalue weighted by molar-refractivity contribution is 9.10. The summed E-state index contributed by atoms with van der Waals surface area (Å²) >= 11 is 9.99. The van der Waals surface area contributed by atoms with Crippen LogP contribution in [0.25, 0.3) is 0 Å². The lowest BCUT2D eigenvalue weighted by molar-refractivity contribution is 0.475. The predicted octanol–water partition coefficient (Wildman–Crippen LogP) is 4.89. The number of nitrogens with zero attached hydrogens (tertiary/aromatic N) is 2. The molecule has 21 heavy (non-hydrogen) atoms. The molecule has 1 unspecified atom stereocenters. The highest BCUT2D eigenvalue weighted by atomic mass is 79.9. The summed E-state index contributed by atoms with van der Waals surface area (Å²) in [6.45, 7) is 9.31. The van der Waals surface area contributed by atoms with E-state index in [4.69, 9.17) is 11.6 Å². The van der Waals surface area contributed by atoms with Gasteiger partial charge in [-0.1, -0.05) is 40.5 Å². The second kappa shape index (κ2) is 6.95. The number of rotatable bonds is 5. The Hall–Kier alpha value is -0.840. The summed E-state index contributed by atoms with van der Waals surface area (Å²) in [4.78, 5) is 0. The SMILES string of the molecule is CCNC(c1cc(Br)ccc1C)c1c(Cl)cnn1C(C)C. The summed E-state index contributed by atoms with van der Waals surface area (Å²) in [5.74, 6) is 0. The fourth-order valence-electron chi connectivity index (χ4n) is 2.51. The molecule has 114 valence electrons. The first-order valence-corrected chi connectivity index (χ1v) is 8.35. The van der Waals surface area contributed by atoms with E-state index in [-0.39, 0.29) is 12.1 Å². The second-order valence-electron chi connectivity index (χ2n) is 5.41. The molecule has 3 nitrogen and oxygen atoms in total. The molecule has 2 rings (SSSR count). The zero-order valence-electron chi connectivity index (χ0n) is 12.8. The number of nitrogens with one attached hydrogen (secondary N) is 1. The predicted molar refractivity (Wildman–Crippen MR) is 92.0 cm³/mol. The normalized spacial score (nSPS) is 12.9. The summed E-state index contributed by atoms with van der Waals surface area (Å²) < 4.78 is 3.06. The summed E-state index contributed by atoms with van der Waals surface area (Å²) in [6.07, 6.45) is 1.73. The molecule has 1 heterocycles. The van der Waals surface area contributed by atoms with Crippen LogP contribution < -0.4 is 5.32 Å². The standard InChI is InChI=1S/C16H21BrClN3/c1-5-19-15(13-8-12(17)7-6-11(13)4)16-14(18)9-20-21(16)10(2)3/h6-10,15,19H,5H2,1-4H3. The van der Waals surface area contributed by atoms with Gasteiger partial charge < -0.3 is 5.32 Å². The lowest BCUT2D eigenvalue weighted by Crippen LogP contribution is -2.26. The van der Waals surface area contributed by atoms with Crippen molar-refractivity contribution in [2.75, 3.05) is 6.54 Å². The van der Waals surface area contributed by atoms with E-state index < -0.39 is 0 Å². The summed E-state index contributed by atoms with van der Waals surface area (Å²) in [7, 11) is 0. The average Bonchev–Trinajstić information content (AvgIpc) is 2.81. The van der Waals surface area contributed by atoms with E-state index in [1.807, 2.05) is 4.68 Å². The molecular formula is C16H21BrClN3. The van der Waals surface area contributed by atoms with Crippen molar-refractivity contribution in [3.05, 3.63) is 50.7 Å². The summed E-state index contributed by atoms with van der Waals surface area (Å²) in [6, 6.07) is 6.62. The van der Waals surface area contributed by atoms with Gasteiger partial charge in [-0.15, -0.1) is 0 Å². The fraction of sp³-hybridized carbons (Fsp3) is 0.438. The highest BCUT2D eigenvalue weighted by Crippen LogP contribution is 2.33. The molecule has 0 aliphatic heterocycles. The van der Waals surface area contributed by atoms with Gasteiger partial charge in [0.1, 0.15) is 0 Å². The third-order valence-electron chi connectivity index (χ3n) is 3.51. The molecule has 1 atom stereocenters. The molecule has 1 N–H and O–H groups in total. The van der Waals surface area contributed by atoms with E-state index in [0.717, 1.165) is 16.7 Å². The van der Waals surface area contributed by atoms with Crippen LogP contribution in [0, 0.1) is 6.92 Å². The molecule has 0 spiro atoms. The zero-order valence-corrected chi connectivity index (χ0v) is 15.2. The van der Waals surface area contributed by atoms with E-state index in [0.29, 0.717) is 5.02 Å². The van der Waals surface area contributed by atoms with Crippen molar-refractivity contribution in [2.45, 2.75) is 39.8 Å². The van der Waals surface area contributed by atoms with Gasteiger partial charge in [0.2, 0.25) is 0 Å². The van der Waals surface area contributed by atoms with Crippen molar-refractivity contribution in [3.63, 3.8) is 0 Å². The van der Waals surface area contributed by atoms with Gasteiger partial charge in [-0.25, -0.2) is 0 Å². The van der Waals surface area contributed by atoms with Crippen LogP contribution in [0.4, 0.5) is 0 Å². The molecule has 0 radical (unpaired) electrons.